The van der Waals surface area contributed by atoms with Crippen molar-refractivity contribution in [1.82, 2.24) is 9.80 Å². The van der Waals surface area contributed by atoms with Gasteiger partial charge in [0.1, 0.15) is 5.75 Å². The van der Waals surface area contributed by atoms with E-state index in [9.17, 15) is 18.3 Å². The first-order valence-electron chi connectivity index (χ1n) is 7.00. The van der Waals surface area contributed by atoms with Gasteiger partial charge in [-0.3, -0.25) is 4.90 Å². The highest BCUT2D eigenvalue weighted by atomic mass is 19.4. The Bertz CT molecular complexity index is 447. The number of benzene rings is 1. The van der Waals surface area contributed by atoms with Gasteiger partial charge in [-0.25, -0.2) is 0 Å². The van der Waals surface area contributed by atoms with E-state index in [0.29, 0.717) is 12.1 Å². The molecule has 6 heteroatoms. The maximum Gasteiger partial charge on any atom is 0.419 e. The number of aromatic hydroxyl groups is 1. The van der Waals surface area contributed by atoms with Crippen LogP contribution in [0.25, 0.3) is 0 Å². The minimum Gasteiger partial charge on any atom is -0.507 e. The zero-order valence-corrected chi connectivity index (χ0v) is 12.7. The molecule has 1 N–H and O–H groups in total. The molecule has 21 heavy (non-hydrogen) atoms. The van der Waals surface area contributed by atoms with Crippen LogP contribution in [0, 0.1) is 0 Å². The molecule has 0 fully saturated rings. The van der Waals surface area contributed by atoms with Gasteiger partial charge < -0.3 is 10.0 Å². The Labute approximate surface area is 124 Å². The summed E-state index contributed by atoms with van der Waals surface area (Å²) in [6.07, 6.45) is -3.59. The van der Waals surface area contributed by atoms with Crippen LogP contribution in [0.3, 0.4) is 0 Å². The molecule has 1 rings (SSSR count). The van der Waals surface area contributed by atoms with Crippen LogP contribution in [0.15, 0.2) is 18.2 Å². The Kier molecular flexibility index (Phi) is 6.48. The fraction of sp³-hybridized carbons (Fsp3) is 0.600. The van der Waals surface area contributed by atoms with Gasteiger partial charge in [-0.1, -0.05) is 13.0 Å². The van der Waals surface area contributed by atoms with Gasteiger partial charge in [-0.15, -0.1) is 0 Å². The summed E-state index contributed by atoms with van der Waals surface area (Å²) in [4.78, 5) is 4.16. The minimum atomic E-state index is -4.53. The number of phenolic OH excluding ortho intramolecular Hbond substituents is 1. The average Bonchev–Trinajstić information content (AvgIpc) is 2.37. The van der Waals surface area contributed by atoms with E-state index in [1.165, 1.54) is 0 Å². The van der Waals surface area contributed by atoms with E-state index in [-0.39, 0.29) is 0 Å². The third-order valence-corrected chi connectivity index (χ3v) is 3.18. The highest BCUT2D eigenvalue weighted by molar-refractivity contribution is 5.38. The Morgan fingerprint density at radius 1 is 1.10 bits per heavy atom. The zero-order chi connectivity index (χ0) is 16.0. The van der Waals surface area contributed by atoms with Crippen LogP contribution in [0.1, 0.15) is 24.5 Å². The molecular formula is C15H23F3N2O. The molecule has 0 saturated carbocycles. The van der Waals surface area contributed by atoms with Gasteiger partial charge in [0.05, 0.1) is 5.56 Å². The first-order chi connectivity index (χ1) is 9.74. The maximum atomic E-state index is 12.8. The third kappa shape index (κ3) is 5.93. The summed E-state index contributed by atoms with van der Waals surface area (Å²) in [6.45, 7) is 4.97. The molecule has 3 nitrogen and oxygen atoms in total. The molecule has 1 aromatic carbocycles. The molecule has 1 aromatic rings. The topological polar surface area (TPSA) is 26.7 Å². The highest BCUT2D eigenvalue weighted by Crippen LogP contribution is 2.36. The Morgan fingerprint density at radius 2 is 1.76 bits per heavy atom. The largest absolute Gasteiger partial charge is 0.507 e. The standard InChI is InChI=1S/C15H23F3N2O/c1-4-7-20(9-8-19(2)3)11-12-5-6-14(21)13(10-12)15(16,17)18/h5-6,10,21H,4,7-9,11H2,1-3H3. The van der Waals surface area contributed by atoms with Crippen LogP contribution in [0.4, 0.5) is 13.2 Å². The summed E-state index contributed by atoms with van der Waals surface area (Å²) in [7, 11) is 3.93. The van der Waals surface area contributed by atoms with Crippen LogP contribution >= 0.6 is 0 Å². The second kappa shape index (κ2) is 7.66. The van der Waals surface area contributed by atoms with E-state index < -0.39 is 17.5 Å². The van der Waals surface area contributed by atoms with Crippen molar-refractivity contribution < 1.29 is 18.3 Å². The lowest BCUT2D eigenvalue weighted by Gasteiger charge is -2.24. The van der Waals surface area contributed by atoms with Gasteiger partial charge in [-0.2, -0.15) is 13.2 Å². The molecule has 0 heterocycles. The number of halogens is 3. The van der Waals surface area contributed by atoms with Crippen molar-refractivity contribution in [3.05, 3.63) is 29.3 Å². The first kappa shape index (κ1) is 17.8. The number of alkyl halides is 3. The van der Waals surface area contributed by atoms with Crippen molar-refractivity contribution >= 4 is 0 Å². The summed E-state index contributed by atoms with van der Waals surface area (Å²) in [6, 6.07) is 3.70. The first-order valence-corrected chi connectivity index (χ1v) is 7.00. The predicted molar refractivity (Wildman–Crippen MR) is 77.2 cm³/mol. The Morgan fingerprint density at radius 3 is 2.29 bits per heavy atom. The SMILES string of the molecule is CCCN(CCN(C)C)Cc1ccc(O)c(C(F)(F)F)c1. The van der Waals surface area contributed by atoms with Crippen molar-refractivity contribution in [3.63, 3.8) is 0 Å². The monoisotopic (exact) mass is 304 g/mol. The van der Waals surface area contributed by atoms with Crippen LogP contribution in [-0.2, 0) is 12.7 Å². The number of hydrogen-bond acceptors (Lipinski definition) is 3. The van der Waals surface area contributed by atoms with E-state index in [4.69, 9.17) is 0 Å². The molecule has 0 amide bonds. The number of nitrogens with zero attached hydrogens (tertiary/aromatic N) is 2. The molecule has 0 aliphatic rings. The van der Waals surface area contributed by atoms with Gasteiger partial charge >= 0.3 is 6.18 Å². The van der Waals surface area contributed by atoms with Crippen LogP contribution < -0.4 is 0 Å². The second-order valence-electron chi connectivity index (χ2n) is 5.43. The molecule has 0 aromatic heterocycles. The third-order valence-electron chi connectivity index (χ3n) is 3.18. The summed E-state index contributed by atoms with van der Waals surface area (Å²) in [5.41, 5.74) is -0.406. The quantitative estimate of drug-likeness (QED) is 0.838. The lowest BCUT2D eigenvalue weighted by atomic mass is 10.1. The zero-order valence-electron chi connectivity index (χ0n) is 12.7. The summed E-state index contributed by atoms with van der Waals surface area (Å²) in [5, 5.41) is 9.34. The molecule has 0 aliphatic carbocycles. The van der Waals surface area contributed by atoms with Crippen molar-refractivity contribution in [2.45, 2.75) is 26.1 Å². The van der Waals surface area contributed by atoms with Gasteiger partial charge in [0.15, 0.2) is 0 Å². The normalized spacial score (nSPS) is 12.4. The van der Waals surface area contributed by atoms with Crippen molar-refractivity contribution in [2.75, 3.05) is 33.7 Å². The van der Waals surface area contributed by atoms with Crippen molar-refractivity contribution in [3.8, 4) is 5.75 Å². The van der Waals surface area contributed by atoms with E-state index in [1.54, 1.807) is 6.07 Å². The minimum absolute atomic E-state index is 0.449. The van der Waals surface area contributed by atoms with Gasteiger partial charge in [0.25, 0.3) is 0 Å². The molecule has 0 spiro atoms. The van der Waals surface area contributed by atoms with Gasteiger partial charge in [0.2, 0.25) is 0 Å². The molecule has 0 unspecified atom stereocenters. The number of phenols is 1. The number of rotatable bonds is 7. The highest BCUT2D eigenvalue weighted by Gasteiger charge is 2.34. The smallest absolute Gasteiger partial charge is 0.419 e. The van der Waals surface area contributed by atoms with Gasteiger partial charge in [0, 0.05) is 19.6 Å². The summed E-state index contributed by atoms with van der Waals surface area (Å²) < 4.78 is 38.4. The molecular weight excluding hydrogens is 281 g/mol. The fourth-order valence-corrected chi connectivity index (χ4v) is 2.09. The Hall–Kier alpha value is -1.27. The Balaban J connectivity index is 2.84. The van der Waals surface area contributed by atoms with E-state index in [2.05, 4.69) is 4.90 Å². The predicted octanol–water partition coefficient (Wildman–Crippen LogP) is 3.18. The molecule has 0 bridgehead atoms. The van der Waals surface area contributed by atoms with Crippen LogP contribution in [0.2, 0.25) is 0 Å². The van der Waals surface area contributed by atoms with Crippen molar-refractivity contribution in [2.24, 2.45) is 0 Å². The van der Waals surface area contributed by atoms with E-state index in [0.717, 1.165) is 38.2 Å². The second-order valence-corrected chi connectivity index (χ2v) is 5.43. The lowest BCUT2D eigenvalue weighted by Crippen LogP contribution is -2.32. The van der Waals surface area contributed by atoms with E-state index >= 15 is 0 Å². The average molecular weight is 304 g/mol. The lowest BCUT2D eigenvalue weighted by molar-refractivity contribution is -0.138. The number of likely N-dealkylation sites (N-methyl/N-ethyl adjacent to an activating group) is 1. The maximum absolute atomic E-state index is 12.8. The van der Waals surface area contributed by atoms with Gasteiger partial charge in [-0.05, 0) is 44.8 Å². The van der Waals surface area contributed by atoms with Crippen LogP contribution in [-0.4, -0.2) is 48.6 Å². The van der Waals surface area contributed by atoms with Crippen molar-refractivity contribution in [1.29, 1.82) is 0 Å². The van der Waals surface area contributed by atoms with E-state index in [1.807, 2.05) is 25.9 Å². The molecule has 0 saturated heterocycles. The van der Waals surface area contributed by atoms with Crippen LogP contribution in [0.5, 0.6) is 5.75 Å². The molecule has 0 atom stereocenters. The number of hydrogen-bond donors (Lipinski definition) is 1. The molecule has 0 radical (unpaired) electrons. The molecule has 0 aliphatic heterocycles. The summed E-state index contributed by atoms with van der Waals surface area (Å²) >= 11 is 0. The summed E-state index contributed by atoms with van der Waals surface area (Å²) in [5.74, 6) is -0.721. The fourth-order valence-electron chi connectivity index (χ4n) is 2.09. The molecule has 120 valence electrons.